The lowest BCUT2D eigenvalue weighted by molar-refractivity contribution is 0.244. The van der Waals surface area contributed by atoms with Crippen LogP contribution in [0.25, 0.3) is 0 Å². The second-order valence-electron chi connectivity index (χ2n) is 4.96. The lowest BCUT2D eigenvalue weighted by atomic mass is 10.2. The molecule has 1 aromatic carbocycles. The van der Waals surface area contributed by atoms with Crippen molar-refractivity contribution >= 4 is 5.69 Å². The van der Waals surface area contributed by atoms with Gasteiger partial charge >= 0.3 is 0 Å². The van der Waals surface area contributed by atoms with E-state index in [-0.39, 0.29) is 5.82 Å². The van der Waals surface area contributed by atoms with E-state index in [0.29, 0.717) is 0 Å². The molecule has 0 unspecified atom stereocenters. The van der Waals surface area contributed by atoms with Gasteiger partial charge in [-0.15, -0.1) is 0 Å². The summed E-state index contributed by atoms with van der Waals surface area (Å²) in [6.45, 7) is 5.85. The standard InChI is InChI=1S/C14H18FN5/c15-13-1-3-14(4-2-13)19-8-5-18(6-9-19)7-10-20-12-16-11-17-20/h1-4,11-12H,5-10H2. The van der Waals surface area contributed by atoms with Gasteiger partial charge < -0.3 is 4.90 Å². The zero-order chi connectivity index (χ0) is 13.8. The first-order valence-corrected chi connectivity index (χ1v) is 6.86. The maximum Gasteiger partial charge on any atom is 0.137 e. The Kier molecular flexibility index (Phi) is 3.92. The minimum absolute atomic E-state index is 0.180. The molecule has 0 amide bonds. The van der Waals surface area contributed by atoms with Gasteiger partial charge in [-0.25, -0.2) is 9.37 Å². The fraction of sp³-hybridized carbons (Fsp3) is 0.429. The molecule has 0 atom stereocenters. The topological polar surface area (TPSA) is 37.2 Å². The molecule has 0 spiro atoms. The Hall–Kier alpha value is -1.95. The zero-order valence-corrected chi connectivity index (χ0v) is 11.3. The molecule has 1 aliphatic rings. The number of halogens is 1. The first kappa shape index (κ1) is 13.1. The van der Waals surface area contributed by atoms with Gasteiger partial charge in [0.2, 0.25) is 0 Å². The minimum atomic E-state index is -0.180. The average molecular weight is 275 g/mol. The van der Waals surface area contributed by atoms with E-state index in [1.54, 1.807) is 12.7 Å². The minimum Gasteiger partial charge on any atom is -0.369 e. The summed E-state index contributed by atoms with van der Waals surface area (Å²) in [6.07, 6.45) is 3.31. The number of benzene rings is 1. The summed E-state index contributed by atoms with van der Waals surface area (Å²) < 4.78 is 14.8. The van der Waals surface area contributed by atoms with E-state index in [1.807, 2.05) is 16.8 Å². The number of nitrogens with zero attached hydrogens (tertiary/aromatic N) is 5. The van der Waals surface area contributed by atoms with Gasteiger partial charge in [-0.3, -0.25) is 9.58 Å². The van der Waals surface area contributed by atoms with Gasteiger partial charge in [0.25, 0.3) is 0 Å². The maximum absolute atomic E-state index is 12.9. The molecule has 5 nitrogen and oxygen atoms in total. The van der Waals surface area contributed by atoms with Gasteiger partial charge in [0.1, 0.15) is 18.5 Å². The van der Waals surface area contributed by atoms with E-state index >= 15 is 0 Å². The van der Waals surface area contributed by atoms with Crippen molar-refractivity contribution in [1.82, 2.24) is 19.7 Å². The molecule has 1 saturated heterocycles. The zero-order valence-electron chi connectivity index (χ0n) is 11.3. The molecule has 20 heavy (non-hydrogen) atoms. The first-order chi connectivity index (χ1) is 9.81. The Morgan fingerprint density at radius 3 is 2.40 bits per heavy atom. The molecule has 2 heterocycles. The van der Waals surface area contributed by atoms with E-state index in [9.17, 15) is 4.39 Å². The quantitative estimate of drug-likeness (QED) is 0.841. The monoisotopic (exact) mass is 275 g/mol. The van der Waals surface area contributed by atoms with E-state index in [1.165, 1.54) is 12.1 Å². The number of anilines is 1. The van der Waals surface area contributed by atoms with Crippen molar-refractivity contribution in [2.45, 2.75) is 6.54 Å². The predicted molar refractivity (Wildman–Crippen MR) is 75.1 cm³/mol. The smallest absolute Gasteiger partial charge is 0.137 e. The largest absolute Gasteiger partial charge is 0.369 e. The Morgan fingerprint density at radius 1 is 1.00 bits per heavy atom. The summed E-state index contributed by atoms with van der Waals surface area (Å²) in [7, 11) is 0. The van der Waals surface area contributed by atoms with Crippen LogP contribution in [0.5, 0.6) is 0 Å². The van der Waals surface area contributed by atoms with Gasteiger partial charge in [0.15, 0.2) is 0 Å². The highest BCUT2D eigenvalue weighted by molar-refractivity contribution is 5.46. The Balaban J connectivity index is 1.48. The SMILES string of the molecule is Fc1ccc(N2CCN(CCn3cncn3)CC2)cc1. The molecule has 3 rings (SSSR count). The molecular formula is C14H18FN5. The highest BCUT2D eigenvalue weighted by Gasteiger charge is 2.16. The van der Waals surface area contributed by atoms with Crippen molar-refractivity contribution in [2.75, 3.05) is 37.6 Å². The van der Waals surface area contributed by atoms with E-state index in [0.717, 1.165) is 45.0 Å². The van der Waals surface area contributed by atoms with Crippen molar-refractivity contribution in [3.8, 4) is 0 Å². The Bertz CT molecular complexity index is 517. The normalized spacial score (nSPS) is 16.6. The molecule has 0 radical (unpaired) electrons. The summed E-state index contributed by atoms with van der Waals surface area (Å²) in [4.78, 5) is 8.65. The van der Waals surface area contributed by atoms with Gasteiger partial charge in [-0.1, -0.05) is 0 Å². The van der Waals surface area contributed by atoms with Crippen LogP contribution < -0.4 is 4.90 Å². The Labute approximate surface area is 117 Å². The number of aromatic nitrogens is 3. The first-order valence-electron chi connectivity index (χ1n) is 6.86. The van der Waals surface area contributed by atoms with Crippen LogP contribution in [0.1, 0.15) is 0 Å². The molecule has 2 aromatic rings. The summed E-state index contributed by atoms with van der Waals surface area (Å²) in [5, 5.41) is 4.10. The molecule has 0 N–H and O–H groups in total. The van der Waals surface area contributed by atoms with Crippen LogP contribution in [-0.4, -0.2) is 52.4 Å². The lowest BCUT2D eigenvalue weighted by Crippen LogP contribution is -2.47. The molecule has 1 aromatic heterocycles. The third-order valence-corrected chi connectivity index (χ3v) is 3.68. The fourth-order valence-corrected chi connectivity index (χ4v) is 2.47. The maximum atomic E-state index is 12.9. The van der Waals surface area contributed by atoms with Gasteiger partial charge in [0.05, 0.1) is 6.54 Å². The third-order valence-electron chi connectivity index (χ3n) is 3.68. The van der Waals surface area contributed by atoms with E-state index < -0.39 is 0 Å². The van der Waals surface area contributed by atoms with Crippen LogP contribution in [0.4, 0.5) is 10.1 Å². The Morgan fingerprint density at radius 2 is 1.75 bits per heavy atom. The number of hydrogen-bond donors (Lipinski definition) is 0. The van der Waals surface area contributed by atoms with Crippen LogP contribution in [-0.2, 0) is 6.54 Å². The molecule has 106 valence electrons. The summed E-state index contributed by atoms with van der Waals surface area (Å²) in [5.74, 6) is -0.180. The third kappa shape index (κ3) is 3.14. The molecule has 0 aliphatic carbocycles. The summed E-state index contributed by atoms with van der Waals surface area (Å²) in [5.41, 5.74) is 1.10. The molecule has 0 bridgehead atoms. The van der Waals surface area contributed by atoms with Crippen molar-refractivity contribution in [3.05, 3.63) is 42.7 Å². The van der Waals surface area contributed by atoms with Crippen LogP contribution in [0.3, 0.4) is 0 Å². The highest BCUT2D eigenvalue weighted by Crippen LogP contribution is 2.16. The fourth-order valence-electron chi connectivity index (χ4n) is 2.47. The van der Waals surface area contributed by atoms with Crippen molar-refractivity contribution in [2.24, 2.45) is 0 Å². The van der Waals surface area contributed by atoms with Gasteiger partial charge in [-0.2, -0.15) is 5.10 Å². The molecular weight excluding hydrogens is 257 g/mol. The van der Waals surface area contributed by atoms with Crippen LogP contribution in [0.15, 0.2) is 36.9 Å². The molecule has 0 saturated carbocycles. The van der Waals surface area contributed by atoms with Crippen molar-refractivity contribution in [3.63, 3.8) is 0 Å². The van der Waals surface area contributed by atoms with Crippen LogP contribution in [0, 0.1) is 5.82 Å². The van der Waals surface area contributed by atoms with E-state index in [4.69, 9.17) is 0 Å². The number of rotatable bonds is 4. The van der Waals surface area contributed by atoms with E-state index in [2.05, 4.69) is 19.9 Å². The van der Waals surface area contributed by atoms with Crippen LogP contribution >= 0.6 is 0 Å². The van der Waals surface area contributed by atoms with Gasteiger partial charge in [0, 0.05) is 38.4 Å². The van der Waals surface area contributed by atoms with Crippen molar-refractivity contribution < 1.29 is 4.39 Å². The average Bonchev–Trinajstić information content (AvgIpc) is 3.00. The molecule has 1 aliphatic heterocycles. The second-order valence-corrected chi connectivity index (χ2v) is 4.96. The number of piperazine rings is 1. The molecule has 6 heteroatoms. The summed E-state index contributed by atoms with van der Waals surface area (Å²) >= 11 is 0. The summed E-state index contributed by atoms with van der Waals surface area (Å²) in [6, 6.07) is 6.74. The van der Waals surface area contributed by atoms with Crippen LogP contribution in [0.2, 0.25) is 0 Å². The predicted octanol–water partition coefficient (Wildman–Crippen LogP) is 1.24. The highest BCUT2D eigenvalue weighted by atomic mass is 19.1. The number of hydrogen-bond acceptors (Lipinski definition) is 4. The van der Waals surface area contributed by atoms with Gasteiger partial charge in [-0.05, 0) is 24.3 Å². The molecule has 1 fully saturated rings. The second kappa shape index (κ2) is 6.00. The lowest BCUT2D eigenvalue weighted by Gasteiger charge is -2.36. The van der Waals surface area contributed by atoms with Crippen molar-refractivity contribution in [1.29, 1.82) is 0 Å².